The maximum Gasteiger partial charge on any atom is 0.139 e. The van der Waals surface area contributed by atoms with Crippen molar-refractivity contribution in [2.45, 2.75) is 76.1 Å². The van der Waals surface area contributed by atoms with E-state index < -0.39 is 17.8 Å². The van der Waals surface area contributed by atoms with Crippen molar-refractivity contribution in [3.05, 3.63) is 24.3 Å². The van der Waals surface area contributed by atoms with E-state index in [1.165, 1.54) is 0 Å². The Hall–Kier alpha value is -0.720. The highest BCUT2D eigenvalue weighted by Crippen LogP contribution is 2.33. The molecule has 0 saturated heterocycles. The first-order valence-electron chi connectivity index (χ1n) is 9.90. The molecule has 1 fully saturated rings. The number of rotatable bonds is 13. The zero-order valence-electron chi connectivity index (χ0n) is 16.3. The van der Waals surface area contributed by atoms with Gasteiger partial charge in [-0.1, -0.05) is 24.3 Å². The van der Waals surface area contributed by atoms with Crippen LogP contribution in [0.4, 0.5) is 0 Å². The van der Waals surface area contributed by atoms with Crippen LogP contribution in [0.5, 0.6) is 0 Å². The molecule has 0 aromatic heterocycles. The van der Waals surface area contributed by atoms with Gasteiger partial charge in [-0.3, -0.25) is 4.79 Å². The molecule has 0 aromatic rings. The first-order valence-corrected chi connectivity index (χ1v) is 10.4. The van der Waals surface area contributed by atoms with Crippen LogP contribution in [0, 0.1) is 11.8 Å². The van der Waals surface area contributed by atoms with Crippen molar-refractivity contribution in [3.63, 3.8) is 0 Å². The number of carbonyl (C=O) groups is 1. The minimum Gasteiger partial charge on any atom is -0.394 e. The van der Waals surface area contributed by atoms with E-state index in [1.54, 1.807) is 6.92 Å². The summed E-state index contributed by atoms with van der Waals surface area (Å²) >= 11 is 5.67. The number of hydrogen-bond acceptors (Lipinski definition) is 5. The fourth-order valence-electron chi connectivity index (χ4n) is 3.48. The highest BCUT2D eigenvalue weighted by Gasteiger charge is 2.39. The van der Waals surface area contributed by atoms with Crippen LogP contribution in [0.15, 0.2) is 24.3 Å². The van der Waals surface area contributed by atoms with Crippen molar-refractivity contribution < 1.29 is 25.2 Å². The zero-order valence-corrected chi connectivity index (χ0v) is 17.0. The standard InChI is InChI=1S/C21H35ClO5/c1-21(27,12-7-13-22)11-6-10-18-17(19(25)14-20(18)26)9-5-3-2-4-8-16(24)15-23/h3,5-6,10,16-18,20,23-24,26-27H,2,4,7-9,11-15H2,1H3/t16?,17-,18-,20-,21?/m1/s1. The SMILES string of the molecule is CC(O)(CC=C[C@H]1[C@H](O)CC(=O)[C@@H]1CC=CCCCC(O)CO)CCCCl. The minimum absolute atomic E-state index is 0.0754. The lowest BCUT2D eigenvalue weighted by atomic mass is 9.89. The number of halogens is 1. The summed E-state index contributed by atoms with van der Waals surface area (Å²) in [4.78, 5) is 12.2. The molecule has 0 aromatic carbocycles. The Labute approximate surface area is 167 Å². The Balaban J connectivity index is 2.49. The normalized spacial score (nSPS) is 26.9. The van der Waals surface area contributed by atoms with Crippen LogP contribution in [0.3, 0.4) is 0 Å². The van der Waals surface area contributed by atoms with Gasteiger partial charge in [0.15, 0.2) is 0 Å². The summed E-state index contributed by atoms with van der Waals surface area (Å²) in [5.74, 6) is 0.139. The highest BCUT2D eigenvalue weighted by molar-refractivity contribution is 6.17. The number of carbonyl (C=O) groups excluding carboxylic acids is 1. The van der Waals surface area contributed by atoms with Gasteiger partial charge in [0.2, 0.25) is 0 Å². The smallest absolute Gasteiger partial charge is 0.139 e. The van der Waals surface area contributed by atoms with Crippen LogP contribution in [0.2, 0.25) is 0 Å². The average molecular weight is 403 g/mol. The number of aliphatic hydroxyl groups excluding tert-OH is 3. The number of allylic oxidation sites excluding steroid dienone is 2. The second kappa shape index (κ2) is 12.7. The average Bonchev–Trinajstić information content (AvgIpc) is 2.89. The van der Waals surface area contributed by atoms with E-state index in [0.717, 1.165) is 19.3 Å². The van der Waals surface area contributed by atoms with Crippen molar-refractivity contribution in [1.29, 1.82) is 0 Å². The first kappa shape index (κ1) is 24.3. The molecule has 6 heteroatoms. The van der Waals surface area contributed by atoms with Gasteiger partial charge in [0, 0.05) is 24.1 Å². The van der Waals surface area contributed by atoms with E-state index in [2.05, 4.69) is 0 Å². The number of unbranched alkanes of at least 4 members (excludes halogenated alkanes) is 1. The molecular weight excluding hydrogens is 368 g/mol. The molecule has 4 N–H and O–H groups in total. The van der Waals surface area contributed by atoms with Crippen LogP contribution < -0.4 is 0 Å². The third-order valence-corrected chi connectivity index (χ3v) is 5.44. The third-order valence-electron chi connectivity index (χ3n) is 5.17. The maximum absolute atomic E-state index is 12.2. The Morgan fingerprint density at radius 1 is 1.30 bits per heavy atom. The van der Waals surface area contributed by atoms with Gasteiger partial charge in [0.05, 0.1) is 24.4 Å². The molecule has 1 saturated carbocycles. The predicted molar refractivity (Wildman–Crippen MR) is 108 cm³/mol. The van der Waals surface area contributed by atoms with E-state index in [1.807, 2.05) is 24.3 Å². The van der Waals surface area contributed by atoms with Crippen LogP contribution in [-0.4, -0.2) is 56.5 Å². The molecule has 156 valence electrons. The Morgan fingerprint density at radius 3 is 2.70 bits per heavy atom. The molecule has 5 atom stereocenters. The largest absolute Gasteiger partial charge is 0.394 e. The Morgan fingerprint density at radius 2 is 2.04 bits per heavy atom. The van der Waals surface area contributed by atoms with Crippen LogP contribution in [0.25, 0.3) is 0 Å². The number of Topliss-reactive ketones (excluding diaryl/α,β-unsaturated/α-hetero) is 1. The summed E-state index contributed by atoms with van der Waals surface area (Å²) in [5, 5.41) is 38.6. The molecule has 1 aliphatic carbocycles. The number of hydrogen-bond donors (Lipinski definition) is 4. The van der Waals surface area contributed by atoms with Crippen molar-refractivity contribution in [3.8, 4) is 0 Å². The summed E-state index contributed by atoms with van der Waals surface area (Å²) in [6.07, 6.45) is 11.1. The first-order chi connectivity index (χ1) is 12.8. The topological polar surface area (TPSA) is 98.0 Å². The van der Waals surface area contributed by atoms with E-state index in [4.69, 9.17) is 16.7 Å². The van der Waals surface area contributed by atoms with Crippen LogP contribution >= 0.6 is 11.6 Å². The number of alkyl halides is 1. The fourth-order valence-corrected chi connectivity index (χ4v) is 3.61. The second-order valence-corrected chi connectivity index (χ2v) is 8.20. The summed E-state index contributed by atoms with van der Waals surface area (Å²) in [6.45, 7) is 1.55. The van der Waals surface area contributed by atoms with Gasteiger partial charge in [0.1, 0.15) is 5.78 Å². The molecule has 0 spiro atoms. The maximum atomic E-state index is 12.2. The third kappa shape index (κ3) is 9.35. The van der Waals surface area contributed by atoms with Crippen molar-refractivity contribution in [2.24, 2.45) is 11.8 Å². The zero-order chi connectivity index (χ0) is 20.3. The van der Waals surface area contributed by atoms with Crippen molar-refractivity contribution in [1.82, 2.24) is 0 Å². The molecule has 1 aliphatic rings. The molecule has 0 aliphatic heterocycles. The Bertz CT molecular complexity index is 489. The van der Waals surface area contributed by atoms with Crippen LogP contribution in [0.1, 0.15) is 58.3 Å². The van der Waals surface area contributed by atoms with E-state index in [9.17, 15) is 20.1 Å². The Kier molecular flexibility index (Phi) is 11.4. The molecule has 2 unspecified atom stereocenters. The van der Waals surface area contributed by atoms with Crippen molar-refractivity contribution >= 4 is 17.4 Å². The molecule has 27 heavy (non-hydrogen) atoms. The van der Waals surface area contributed by atoms with E-state index in [0.29, 0.717) is 31.6 Å². The highest BCUT2D eigenvalue weighted by atomic mass is 35.5. The van der Waals surface area contributed by atoms with Crippen molar-refractivity contribution in [2.75, 3.05) is 12.5 Å². The predicted octanol–water partition coefficient (Wildman–Crippen LogP) is 2.74. The molecular formula is C21H35ClO5. The number of aliphatic hydroxyl groups is 4. The van der Waals surface area contributed by atoms with Crippen LogP contribution in [-0.2, 0) is 4.79 Å². The van der Waals surface area contributed by atoms with Gasteiger partial charge in [-0.25, -0.2) is 0 Å². The molecule has 1 rings (SSSR count). The lowest BCUT2D eigenvalue weighted by Crippen LogP contribution is -2.23. The van der Waals surface area contributed by atoms with Gasteiger partial charge in [0.25, 0.3) is 0 Å². The molecule has 0 bridgehead atoms. The monoisotopic (exact) mass is 402 g/mol. The van der Waals surface area contributed by atoms with E-state index in [-0.39, 0.29) is 30.6 Å². The quantitative estimate of drug-likeness (QED) is 0.216. The summed E-state index contributed by atoms with van der Waals surface area (Å²) < 4.78 is 0. The van der Waals surface area contributed by atoms with E-state index >= 15 is 0 Å². The van der Waals surface area contributed by atoms with Gasteiger partial charge < -0.3 is 20.4 Å². The van der Waals surface area contributed by atoms with Gasteiger partial charge in [-0.15, -0.1) is 11.6 Å². The van der Waals surface area contributed by atoms with Gasteiger partial charge in [-0.05, 0) is 51.9 Å². The fraction of sp³-hybridized carbons (Fsp3) is 0.762. The molecule has 5 nitrogen and oxygen atoms in total. The lowest BCUT2D eigenvalue weighted by Gasteiger charge is -2.22. The number of ketones is 1. The van der Waals surface area contributed by atoms with Gasteiger partial charge >= 0.3 is 0 Å². The second-order valence-electron chi connectivity index (χ2n) is 7.82. The minimum atomic E-state index is -0.826. The lowest BCUT2D eigenvalue weighted by molar-refractivity contribution is -0.121. The summed E-state index contributed by atoms with van der Waals surface area (Å²) in [5.41, 5.74) is -0.826. The summed E-state index contributed by atoms with van der Waals surface area (Å²) in [7, 11) is 0. The van der Waals surface area contributed by atoms with Gasteiger partial charge in [-0.2, -0.15) is 0 Å². The molecule has 0 amide bonds. The summed E-state index contributed by atoms with van der Waals surface area (Å²) in [6, 6.07) is 0. The molecule has 0 heterocycles. The molecule has 0 radical (unpaired) electrons.